The first-order chi connectivity index (χ1) is 8.45. The number of halogens is 4. The third kappa shape index (κ3) is 2.97. The van der Waals surface area contributed by atoms with E-state index in [-0.39, 0.29) is 11.5 Å². The van der Waals surface area contributed by atoms with Gasteiger partial charge in [-0.15, -0.1) is 0 Å². The first kappa shape index (κ1) is 12.3. The fraction of sp³-hybridized carbons (Fsp3) is 0.0833. The van der Waals surface area contributed by atoms with Gasteiger partial charge in [0.25, 0.3) is 0 Å². The molecule has 1 heterocycles. The number of alkyl halides is 3. The second kappa shape index (κ2) is 4.64. The second-order valence-electron chi connectivity index (χ2n) is 3.46. The molecule has 0 amide bonds. The zero-order valence-electron chi connectivity index (χ0n) is 8.91. The molecule has 0 atom stereocenters. The van der Waals surface area contributed by atoms with Gasteiger partial charge in [0.05, 0.1) is 5.56 Å². The van der Waals surface area contributed by atoms with Crippen molar-refractivity contribution in [2.24, 2.45) is 0 Å². The van der Waals surface area contributed by atoms with Crippen LogP contribution in [0, 0.1) is 5.82 Å². The van der Waals surface area contributed by atoms with Crippen LogP contribution in [0.4, 0.5) is 17.6 Å². The molecule has 0 spiro atoms. The average molecular weight is 257 g/mol. The number of hydrogen-bond acceptors (Lipinski definition) is 2. The van der Waals surface area contributed by atoms with E-state index < -0.39 is 17.6 Å². The molecule has 0 bridgehead atoms. The van der Waals surface area contributed by atoms with E-state index in [1.54, 1.807) is 0 Å². The first-order valence-corrected chi connectivity index (χ1v) is 4.91. The number of aromatic nitrogens is 1. The number of nitrogens with zero attached hydrogens (tertiary/aromatic N) is 1. The van der Waals surface area contributed by atoms with Gasteiger partial charge in [0.15, 0.2) is 0 Å². The maximum Gasteiger partial charge on any atom is 0.416 e. The van der Waals surface area contributed by atoms with Crippen molar-refractivity contribution in [2.75, 3.05) is 0 Å². The highest BCUT2D eigenvalue weighted by Crippen LogP contribution is 2.33. The third-order valence-corrected chi connectivity index (χ3v) is 2.08. The fourth-order valence-corrected chi connectivity index (χ4v) is 1.33. The topological polar surface area (TPSA) is 22.1 Å². The molecule has 1 aromatic carbocycles. The highest BCUT2D eigenvalue weighted by molar-refractivity contribution is 5.35. The molecule has 0 N–H and O–H groups in total. The maximum atomic E-state index is 13.1. The smallest absolute Gasteiger partial charge is 0.416 e. The Balaban J connectivity index is 2.32. The zero-order valence-corrected chi connectivity index (χ0v) is 8.91. The van der Waals surface area contributed by atoms with Crippen LogP contribution in [0.1, 0.15) is 5.56 Å². The summed E-state index contributed by atoms with van der Waals surface area (Å²) in [6.45, 7) is 0. The minimum Gasteiger partial charge on any atom is -0.457 e. The highest BCUT2D eigenvalue weighted by atomic mass is 19.4. The van der Waals surface area contributed by atoms with E-state index in [4.69, 9.17) is 4.74 Å². The molecule has 0 fully saturated rings. The largest absolute Gasteiger partial charge is 0.457 e. The molecule has 2 nitrogen and oxygen atoms in total. The van der Waals surface area contributed by atoms with Gasteiger partial charge in [-0.3, -0.25) is 4.98 Å². The van der Waals surface area contributed by atoms with Crippen LogP contribution in [-0.2, 0) is 6.18 Å². The summed E-state index contributed by atoms with van der Waals surface area (Å²) in [7, 11) is 0. The summed E-state index contributed by atoms with van der Waals surface area (Å²) in [6, 6.07) is 4.95. The van der Waals surface area contributed by atoms with Gasteiger partial charge in [0.1, 0.15) is 17.3 Å². The Bertz CT molecular complexity index is 540. The minimum atomic E-state index is -4.61. The van der Waals surface area contributed by atoms with Gasteiger partial charge in [0, 0.05) is 18.5 Å². The second-order valence-corrected chi connectivity index (χ2v) is 3.46. The number of benzene rings is 1. The molecule has 94 valence electrons. The van der Waals surface area contributed by atoms with Crippen LogP contribution in [0.15, 0.2) is 42.7 Å². The lowest BCUT2D eigenvalue weighted by Crippen LogP contribution is -2.05. The molecule has 6 heteroatoms. The van der Waals surface area contributed by atoms with E-state index in [0.29, 0.717) is 6.07 Å². The van der Waals surface area contributed by atoms with Crippen molar-refractivity contribution in [2.45, 2.75) is 6.18 Å². The van der Waals surface area contributed by atoms with E-state index in [1.165, 1.54) is 24.5 Å². The monoisotopic (exact) mass is 257 g/mol. The number of pyridine rings is 1. The van der Waals surface area contributed by atoms with E-state index in [1.807, 2.05) is 0 Å². The summed E-state index contributed by atoms with van der Waals surface area (Å²) in [6.07, 6.45) is -1.78. The normalized spacial score (nSPS) is 11.3. The van der Waals surface area contributed by atoms with Gasteiger partial charge in [-0.25, -0.2) is 4.39 Å². The predicted octanol–water partition coefficient (Wildman–Crippen LogP) is 4.03. The number of rotatable bonds is 2. The molecule has 18 heavy (non-hydrogen) atoms. The minimum absolute atomic E-state index is 0.214. The van der Waals surface area contributed by atoms with E-state index in [0.717, 1.165) is 12.1 Å². The van der Waals surface area contributed by atoms with Crippen molar-refractivity contribution in [1.82, 2.24) is 4.98 Å². The van der Waals surface area contributed by atoms with E-state index in [9.17, 15) is 17.6 Å². The van der Waals surface area contributed by atoms with Crippen molar-refractivity contribution >= 4 is 0 Å². The molecule has 0 aliphatic heterocycles. The van der Waals surface area contributed by atoms with Gasteiger partial charge in [0.2, 0.25) is 0 Å². The van der Waals surface area contributed by atoms with Crippen LogP contribution in [0.5, 0.6) is 11.5 Å². The average Bonchev–Trinajstić information content (AvgIpc) is 2.28. The summed E-state index contributed by atoms with van der Waals surface area (Å²) in [5.74, 6) is -0.939. The quantitative estimate of drug-likeness (QED) is 0.758. The Morgan fingerprint density at radius 2 is 1.61 bits per heavy atom. The first-order valence-electron chi connectivity index (χ1n) is 4.91. The Hall–Kier alpha value is -2.11. The summed E-state index contributed by atoms with van der Waals surface area (Å²) < 4.78 is 55.5. The predicted molar refractivity (Wildman–Crippen MR) is 55.7 cm³/mol. The molecule has 0 radical (unpaired) electrons. The number of ether oxygens (including phenoxy) is 1. The molecule has 0 saturated carbocycles. The van der Waals surface area contributed by atoms with Gasteiger partial charge >= 0.3 is 6.18 Å². The molecule has 0 unspecified atom stereocenters. The SMILES string of the molecule is Fc1cc(Oc2ccncc2)cc(C(F)(F)F)c1. The molecular formula is C12H7F4NO. The summed E-state index contributed by atoms with van der Waals surface area (Å²) in [5, 5.41) is 0. The third-order valence-electron chi connectivity index (χ3n) is 2.08. The van der Waals surface area contributed by atoms with Crippen LogP contribution >= 0.6 is 0 Å². The maximum absolute atomic E-state index is 13.1. The van der Waals surface area contributed by atoms with Crippen LogP contribution in [0.2, 0.25) is 0 Å². The van der Waals surface area contributed by atoms with Crippen molar-refractivity contribution in [3.8, 4) is 11.5 Å². The van der Waals surface area contributed by atoms with Crippen molar-refractivity contribution in [3.63, 3.8) is 0 Å². The molecule has 0 aliphatic rings. The van der Waals surface area contributed by atoms with Crippen molar-refractivity contribution in [3.05, 3.63) is 54.1 Å². The standard InChI is InChI=1S/C12H7F4NO/c13-9-5-8(12(14,15)16)6-11(7-9)18-10-1-3-17-4-2-10/h1-7H. The van der Waals surface area contributed by atoms with Gasteiger partial charge in [-0.05, 0) is 24.3 Å². The Kier molecular flexibility index (Phi) is 3.18. The van der Waals surface area contributed by atoms with Gasteiger partial charge < -0.3 is 4.74 Å². The molecule has 2 rings (SSSR count). The molecule has 0 saturated heterocycles. The number of hydrogen-bond donors (Lipinski definition) is 0. The summed E-state index contributed by atoms with van der Waals surface area (Å²) in [4.78, 5) is 3.73. The zero-order chi connectivity index (χ0) is 13.2. The van der Waals surface area contributed by atoms with E-state index in [2.05, 4.69) is 4.98 Å². The van der Waals surface area contributed by atoms with Crippen LogP contribution in [-0.4, -0.2) is 4.98 Å². The summed E-state index contributed by atoms with van der Waals surface area (Å²) in [5.41, 5.74) is -1.09. The van der Waals surface area contributed by atoms with Crippen LogP contribution in [0.25, 0.3) is 0 Å². The summed E-state index contributed by atoms with van der Waals surface area (Å²) >= 11 is 0. The molecule has 1 aromatic heterocycles. The lowest BCUT2D eigenvalue weighted by Gasteiger charge is -2.10. The van der Waals surface area contributed by atoms with Gasteiger partial charge in [-0.2, -0.15) is 13.2 Å². The van der Waals surface area contributed by atoms with Gasteiger partial charge in [-0.1, -0.05) is 0 Å². The Morgan fingerprint density at radius 3 is 2.22 bits per heavy atom. The highest BCUT2D eigenvalue weighted by Gasteiger charge is 2.31. The molecular weight excluding hydrogens is 250 g/mol. The van der Waals surface area contributed by atoms with Crippen molar-refractivity contribution in [1.29, 1.82) is 0 Å². The van der Waals surface area contributed by atoms with Crippen LogP contribution < -0.4 is 4.74 Å². The van der Waals surface area contributed by atoms with Crippen LogP contribution in [0.3, 0.4) is 0 Å². The fourth-order valence-electron chi connectivity index (χ4n) is 1.33. The lowest BCUT2D eigenvalue weighted by molar-refractivity contribution is -0.137. The lowest BCUT2D eigenvalue weighted by atomic mass is 10.2. The Labute approximate surface area is 99.8 Å². The molecule has 2 aromatic rings. The Morgan fingerprint density at radius 1 is 0.944 bits per heavy atom. The van der Waals surface area contributed by atoms with Crippen molar-refractivity contribution < 1.29 is 22.3 Å². The van der Waals surface area contributed by atoms with E-state index >= 15 is 0 Å². The molecule has 0 aliphatic carbocycles.